The van der Waals surface area contributed by atoms with E-state index >= 15 is 0 Å². The fourth-order valence-electron chi connectivity index (χ4n) is 1.82. The van der Waals surface area contributed by atoms with Crippen LogP contribution in [-0.2, 0) is 0 Å². The van der Waals surface area contributed by atoms with Gasteiger partial charge in [0.2, 0.25) is 0 Å². The van der Waals surface area contributed by atoms with Crippen LogP contribution in [-0.4, -0.2) is 6.03 Å². The number of hydrogen-bond acceptors (Lipinski definition) is 1. The Balaban J connectivity index is 1.93. The maximum absolute atomic E-state index is 12.7. The minimum absolute atomic E-state index is 0.284. The van der Waals surface area contributed by atoms with E-state index in [0.717, 1.165) is 22.4 Å². The van der Waals surface area contributed by atoms with E-state index in [1.807, 2.05) is 32.0 Å². The zero-order chi connectivity index (χ0) is 15.2. The van der Waals surface area contributed by atoms with Gasteiger partial charge in [0.15, 0.2) is 0 Å². The van der Waals surface area contributed by atoms with E-state index in [-0.39, 0.29) is 11.8 Å². The molecule has 0 unspecified atom stereocenters. The highest BCUT2D eigenvalue weighted by atomic mass is 19.1. The maximum Gasteiger partial charge on any atom is 0.323 e. The third kappa shape index (κ3) is 4.45. The summed E-state index contributed by atoms with van der Waals surface area (Å²) >= 11 is 0. The highest BCUT2D eigenvalue weighted by Gasteiger charge is 2.02. The molecule has 0 saturated heterocycles. The molecular formula is C17H17FN2O. The Labute approximate surface area is 123 Å². The largest absolute Gasteiger partial charge is 0.323 e. The van der Waals surface area contributed by atoms with Crippen LogP contribution in [0.15, 0.2) is 48.7 Å². The predicted molar refractivity (Wildman–Crippen MR) is 83.5 cm³/mol. The van der Waals surface area contributed by atoms with Crippen molar-refractivity contribution in [2.45, 2.75) is 13.8 Å². The van der Waals surface area contributed by atoms with Crippen LogP contribution in [0.3, 0.4) is 0 Å². The molecule has 2 amide bonds. The maximum atomic E-state index is 12.7. The zero-order valence-electron chi connectivity index (χ0n) is 12.0. The number of carbonyl (C=O) groups excluding carboxylic acids is 1. The molecule has 108 valence electrons. The first-order valence-corrected chi connectivity index (χ1v) is 6.61. The summed E-state index contributed by atoms with van der Waals surface area (Å²) in [5.74, 6) is -0.284. The van der Waals surface area contributed by atoms with Gasteiger partial charge in [-0.15, -0.1) is 0 Å². The van der Waals surface area contributed by atoms with Gasteiger partial charge in [-0.2, -0.15) is 0 Å². The van der Waals surface area contributed by atoms with Gasteiger partial charge in [0, 0.05) is 11.9 Å². The molecule has 21 heavy (non-hydrogen) atoms. The van der Waals surface area contributed by atoms with Crippen molar-refractivity contribution in [1.29, 1.82) is 0 Å². The van der Waals surface area contributed by atoms with Gasteiger partial charge in [0.1, 0.15) is 5.82 Å². The Hall–Kier alpha value is -2.62. The number of urea groups is 1. The smallest absolute Gasteiger partial charge is 0.314 e. The molecule has 2 rings (SSSR count). The molecule has 0 aliphatic carbocycles. The van der Waals surface area contributed by atoms with Gasteiger partial charge in [0.05, 0.1) is 0 Å². The number of carbonyl (C=O) groups is 1. The SMILES string of the molecule is Cc1ccc(C)c(NC(=O)N/C=C/c2ccc(F)cc2)c1. The molecule has 0 bridgehead atoms. The van der Waals surface area contributed by atoms with Crippen molar-refractivity contribution in [2.24, 2.45) is 0 Å². The molecule has 0 aliphatic heterocycles. The van der Waals surface area contributed by atoms with Crippen molar-refractivity contribution in [2.75, 3.05) is 5.32 Å². The fraction of sp³-hybridized carbons (Fsp3) is 0.118. The highest BCUT2D eigenvalue weighted by molar-refractivity contribution is 5.91. The number of halogens is 1. The van der Waals surface area contributed by atoms with Gasteiger partial charge in [-0.25, -0.2) is 9.18 Å². The number of hydrogen-bond donors (Lipinski definition) is 2. The van der Waals surface area contributed by atoms with E-state index in [2.05, 4.69) is 10.6 Å². The van der Waals surface area contributed by atoms with Crippen molar-refractivity contribution < 1.29 is 9.18 Å². The van der Waals surface area contributed by atoms with Crippen molar-refractivity contribution >= 4 is 17.8 Å². The van der Waals surface area contributed by atoms with Gasteiger partial charge in [0.25, 0.3) is 0 Å². The highest BCUT2D eigenvalue weighted by Crippen LogP contribution is 2.16. The van der Waals surface area contributed by atoms with Crippen molar-refractivity contribution in [3.8, 4) is 0 Å². The molecule has 2 aromatic carbocycles. The molecule has 0 heterocycles. The summed E-state index contributed by atoms with van der Waals surface area (Å²) in [5.41, 5.74) is 3.67. The molecule has 0 fully saturated rings. The van der Waals surface area contributed by atoms with Crippen LogP contribution in [0.1, 0.15) is 16.7 Å². The molecule has 0 spiro atoms. The third-order valence-electron chi connectivity index (χ3n) is 3.00. The molecule has 0 saturated carbocycles. The van der Waals surface area contributed by atoms with Gasteiger partial charge < -0.3 is 10.6 Å². The molecule has 0 aliphatic rings. The minimum atomic E-state index is -0.318. The lowest BCUT2D eigenvalue weighted by Crippen LogP contribution is -2.24. The van der Waals surface area contributed by atoms with E-state index < -0.39 is 0 Å². The van der Waals surface area contributed by atoms with E-state index in [9.17, 15) is 9.18 Å². The standard InChI is InChI=1S/C17H17FN2O/c1-12-3-4-13(2)16(11-12)20-17(21)19-10-9-14-5-7-15(18)8-6-14/h3-11H,1-2H3,(H2,19,20,21)/b10-9+. The molecule has 4 heteroatoms. The normalized spacial score (nSPS) is 10.6. The lowest BCUT2D eigenvalue weighted by molar-refractivity contribution is 0.255. The molecule has 3 nitrogen and oxygen atoms in total. The van der Waals surface area contributed by atoms with Crippen molar-refractivity contribution in [1.82, 2.24) is 5.32 Å². The Kier molecular flexibility index (Phi) is 4.72. The van der Waals surface area contributed by atoms with E-state index in [1.54, 1.807) is 18.2 Å². The van der Waals surface area contributed by atoms with Crippen LogP contribution in [0, 0.1) is 19.7 Å². The van der Waals surface area contributed by atoms with Crippen molar-refractivity contribution in [3.63, 3.8) is 0 Å². The number of anilines is 1. The second kappa shape index (κ2) is 6.70. The fourth-order valence-corrected chi connectivity index (χ4v) is 1.82. The quantitative estimate of drug-likeness (QED) is 0.870. The lowest BCUT2D eigenvalue weighted by atomic mass is 10.1. The average molecular weight is 284 g/mol. The second-order valence-corrected chi connectivity index (χ2v) is 4.80. The Morgan fingerprint density at radius 2 is 1.81 bits per heavy atom. The molecule has 0 atom stereocenters. The number of benzene rings is 2. The topological polar surface area (TPSA) is 41.1 Å². The first kappa shape index (κ1) is 14.8. The summed E-state index contributed by atoms with van der Waals surface area (Å²) in [5, 5.41) is 5.40. The van der Waals surface area contributed by atoms with Gasteiger partial charge in [-0.3, -0.25) is 0 Å². The van der Waals surface area contributed by atoms with Crippen LogP contribution >= 0.6 is 0 Å². The third-order valence-corrected chi connectivity index (χ3v) is 3.00. The summed E-state index contributed by atoms with van der Waals surface area (Å²) in [6, 6.07) is 11.6. The summed E-state index contributed by atoms with van der Waals surface area (Å²) in [6.45, 7) is 3.90. The lowest BCUT2D eigenvalue weighted by Gasteiger charge is -2.08. The first-order chi connectivity index (χ1) is 10.0. The second-order valence-electron chi connectivity index (χ2n) is 4.80. The van der Waals surface area contributed by atoms with Crippen molar-refractivity contribution in [3.05, 3.63) is 71.2 Å². The number of rotatable bonds is 3. The molecular weight excluding hydrogens is 267 g/mol. The summed E-state index contributed by atoms with van der Waals surface area (Å²) in [6.07, 6.45) is 3.22. The summed E-state index contributed by atoms with van der Waals surface area (Å²) in [7, 11) is 0. The van der Waals surface area contributed by atoms with Crippen LogP contribution in [0.4, 0.5) is 14.9 Å². The number of nitrogens with one attached hydrogen (secondary N) is 2. The molecule has 2 aromatic rings. The summed E-state index contributed by atoms with van der Waals surface area (Å²) < 4.78 is 12.7. The monoisotopic (exact) mass is 284 g/mol. The van der Waals surface area contributed by atoms with Gasteiger partial charge >= 0.3 is 6.03 Å². The van der Waals surface area contributed by atoms with Crippen LogP contribution in [0.5, 0.6) is 0 Å². The Bertz CT molecular complexity index is 663. The molecule has 0 aromatic heterocycles. The van der Waals surface area contributed by atoms with Gasteiger partial charge in [-0.1, -0.05) is 24.3 Å². The Morgan fingerprint density at radius 1 is 1.10 bits per heavy atom. The number of aryl methyl sites for hydroxylation is 2. The minimum Gasteiger partial charge on any atom is -0.314 e. The predicted octanol–water partition coefficient (Wildman–Crippen LogP) is 4.23. The van der Waals surface area contributed by atoms with E-state index in [4.69, 9.17) is 0 Å². The van der Waals surface area contributed by atoms with Gasteiger partial charge in [-0.05, 0) is 54.8 Å². The van der Waals surface area contributed by atoms with Crippen LogP contribution in [0.2, 0.25) is 0 Å². The zero-order valence-corrected chi connectivity index (χ0v) is 12.0. The average Bonchev–Trinajstić information content (AvgIpc) is 2.45. The Morgan fingerprint density at radius 3 is 2.52 bits per heavy atom. The molecule has 2 N–H and O–H groups in total. The van der Waals surface area contributed by atoms with Crippen LogP contribution in [0.25, 0.3) is 6.08 Å². The first-order valence-electron chi connectivity index (χ1n) is 6.61. The summed E-state index contributed by atoms with van der Waals surface area (Å²) in [4.78, 5) is 11.8. The van der Waals surface area contributed by atoms with E-state index in [0.29, 0.717) is 0 Å². The molecule has 0 radical (unpaired) electrons. The van der Waals surface area contributed by atoms with Crippen LogP contribution < -0.4 is 10.6 Å². The number of amides is 2. The van der Waals surface area contributed by atoms with E-state index in [1.165, 1.54) is 18.3 Å².